The van der Waals surface area contributed by atoms with Gasteiger partial charge < -0.3 is 19.1 Å². The second-order valence-corrected chi connectivity index (χ2v) is 13.3. The molecular formula is C40H40F2N6O5. The average Bonchev–Trinajstić information content (AvgIpc) is 3.81. The van der Waals surface area contributed by atoms with Crippen LogP contribution < -0.4 is 4.74 Å². The first kappa shape index (κ1) is 36.0. The summed E-state index contributed by atoms with van der Waals surface area (Å²) in [5.74, 6) is -0.401. The molecule has 0 unspecified atom stereocenters. The Morgan fingerprint density at radius 2 is 1.77 bits per heavy atom. The maximum absolute atomic E-state index is 15.1. The molecular weight excluding hydrogens is 682 g/mol. The highest BCUT2D eigenvalue weighted by Gasteiger charge is 2.45. The molecule has 1 saturated heterocycles. The number of fused-ring (bicyclic) bond motifs is 1. The Kier molecular flexibility index (Phi) is 10.7. The van der Waals surface area contributed by atoms with E-state index in [0.717, 1.165) is 22.0 Å². The van der Waals surface area contributed by atoms with Gasteiger partial charge in [-0.2, -0.15) is 5.10 Å². The first-order valence-electron chi connectivity index (χ1n) is 17.5. The molecule has 4 heterocycles. The standard InChI is InChI=1S/C40H40F2N6O5/c1-51-18-19-53-35-23-28(6-8-32(35)41)38-31-20-26(4-9-34(31)45-46-38)21-36(49)40(52-2)12-17-47(25-40)24-37(50)48-15-10-27(11-16-48)30-7-5-29(22-33(30)42)39-43-13-3-14-44-39/h3-10,13-14,20,22-23H,11-12,15-19,21,24-25H2,1-2H3,(H,45,46)/t40-/m0/s1. The molecule has 7 rings (SSSR count). The first-order chi connectivity index (χ1) is 25.8. The second kappa shape index (κ2) is 15.7. The molecule has 2 aromatic heterocycles. The molecule has 0 spiro atoms. The van der Waals surface area contributed by atoms with Gasteiger partial charge in [-0.15, -0.1) is 0 Å². The van der Waals surface area contributed by atoms with Gasteiger partial charge in [-0.3, -0.25) is 19.6 Å². The quantitative estimate of drug-likeness (QED) is 0.157. The third-order valence-corrected chi connectivity index (χ3v) is 10.0. The fraction of sp³-hybridized carbons (Fsp3) is 0.325. The van der Waals surface area contributed by atoms with Crippen LogP contribution in [0, 0.1) is 11.6 Å². The van der Waals surface area contributed by atoms with Gasteiger partial charge in [0.05, 0.1) is 18.7 Å². The van der Waals surface area contributed by atoms with E-state index in [9.17, 15) is 14.0 Å². The van der Waals surface area contributed by atoms with Gasteiger partial charge in [0.25, 0.3) is 0 Å². The summed E-state index contributed by atoms with van der Waals surface area (Å²) in [6.45, 7) is 2.36. The van der Waals surface area contributed by atoms with E-state index < -0.39 is 11.4 Å². The van der Waals surface area contributed by atoms with Gasteiger partial charge in [0, 0.05) is 81.3 Å². The number of nitrogens with one attached hydrogen (secondary N) is 1. The maximum atomic E-state index is 15.1. The van der Waals surface area contributed by atoms with E-state index in [0.29, 0.717) is 73.8 Å². The first-order valence-corrected chi connectivity index (χ1v) is 17.5. The van der Waals surface area contributed by atoms with Gasteiger partial charge in [0.1, 0.15) is 23.7 Å². The lowest BCUT2D eigenvalue weighted by atomic mass is 9.91. The van der Waals surface area contributed by atoms with Crippen molar-refractivity contribution in [3.63, 3.8) is 0 Å². The van der Waals surface area contributed by atoms with Crippen LogP contribution >= 0.6 is 0 Å². The number of carbonyl (C=O) groups is 2. The molecule has 0 radical (unpaired) electrons. The van der Waals surface area contributed by atoms with Crippen LogP contribution in [0.3, 0.4) is 0 Å². The number of rotatable bonds is 13. The molecule has 0 saturated carbocycles. The third kappa shape index (κ3) is 7.73. The highest BCUT2D eigenvalue weighted by molar-refractivity contribution is 5.95. The van der Waals surface area contributed by atoms with Crippen molar-refractivity contribution in [3.8, 4) is 28.4 Å². The molecule has 5 aromatic rings. The summed E-state index contributed by atoms with van der Waals surface area (Å²) in [5.41, 5.74) is 3.75. The van der Waals surface area contributed by atoms with Crippen LogP contribution in [0.5, 0.6) is 5.75 Å². The number of methoxy groups -OCH3 is 2. The summed E-state index contributed by atoms with van der Waals surface area (Å²) >= 11 is 0. The van der Waals surface area contributed by atoms with Crippen LogP contribution in [0.15, 0.2) is 79.1 Å². The van der Waals surface area contributed by atoms with E-state index in [4.69, 9.17) is 14.2 Å². The third-order valence-electron chi connectivity index (χ3n) is 10.0. The molecule has 274 valence electrons. The van der Waals surface area contributed by atoms with Crippen LogP contribution in [0.25, 0.3) is 39.1 Å². The number of halogens is 2. The second-order valence-electron chi connectivity index (χ2n) is 13.3. The SMILES string of the molecule is COCCOc1cc(-c2n[nH]c3ccc(CC(=O)[C@]4(OC)CCN(CC(=O)N5CC=C(c6ccc(-c7ncccn7)cc6F)CC5)C4)cc23)ccc1F. The molecule has 1 atom stereocenters. The fourth-order valence-corrected chi connectivity index (χ4v) is 7.03. The minimum atomic E-state index is -1.05. The minimum Gasteiger partial charge on any atom is -0.488 e. The highest BCUT2D eigenvalue weighted by atomic mass is 19.1. The molecule has 1 N–H and O–H groups in total. The Labute approximate surface area is 305 Å². The lowest BCUT2D eigenvalue weighted by Gasteiger charge is -2.30. The predicted octanol–water partition coefficient (Wildman–Crippen LogP) is 5.51. The van der Waals surface area contributed by atoms with Gasteiger partial charge in [-0.1, -0.05) is 24.3 Å². The zero-order valence-corrected chi connectivity index (χ0v) is 29.6. The predicted molar refractivity (Wildman–Crippen MR) is 195 cm³/mol. The molecule has 1 amide bonds. The van der Waals surface area contributed by atoms with Gasteiger partial charge in [-0.25, -0.2) is 18.7 Å². The van der Waals surface area contributed by atoms with E-state index in [-0.39, 0.29) is 42.8 Å². The topological polar surface area (TPSA) is 123 Å². The number of ether oxygens (including phenoxy) is 3. The zero-order valence-electron chi connectivity index (χ0n) is 29.6. The lowest BCUT2D eigenvalue weighted by Crippen LogP contribution is -2.46. The number of hydrogen-bond acceptors (Lipinski definition) is 9. The smallest absolute Gasteiger partial charge is 0.237 e. The van der Waals surface area contributed by atoms with Gasteiger partial charge >= 0.3 is 0 Å². The molecule has 11 nitrogen and oxygen atoms in total. The number of aromatic amines is 1. The minimum absolute atomic E-state index is 0.0531. The van der Waals surface area contributed by atoms with Crippen molar-refractivity contribution in [2.75, 3.05) is 60.2 Å². The summed E-state index contributed by atoms with van der Waals surface area (Å²) in [4.78, 5) is 39.3. The number of nitrogens with zero attached hydrogens (tertiary/aromatic N) is 5. The number of Topliss-reactive ketones (excluding diaryl/α,β-unsaturated/α-hetero) is 1. The molecule has 53 heavy (non-hydrogen) atoms. The number of benzene rings is 3. The van der Waals surface area contributed by atoms with E-state index >= 15 is 4.39 Å². The summed E-state index contributed by atoms with van der Waals surface area (Å²) in [6, 6.07) is 16.9. The molecule has 2 aliphatic rings. The highest BCUT2D eigenvalue weighted by Crippen LogP contribution is 2.33. The van der Waals surface area contributed by atoms with Crippen LogP contribution in [-0.4, -0.2) is 107 Å². The van der Waals surface area contributed by atoms with Crippen molar-refractivity contribution in [1.29, 1.82) is 0 Å². The van der Waals surface area contributed by atoms with Crippen LogP contribution in [0.2, 0.25) is 0 Å². The molecule has 0 aliphatic carbocycles. The lowest BCUT2D eigenvalue weighted by molar-refractivity contribution is -0.140. The van der Waals surface area contributed by atoms with E-state index in [1.807, 2.05) is 29.2 Å². The van der Waals surface area contributed by atoms with E-state index in [1.165, 1.54) is 19.2 Å². The van der Waals surface area contributed by atoms with Gasteiger partial charge in [0.15, 0.2) is 23.2 Å². The fourth-order valence-electron chi connectivity index (χ4n) is 7.03. The number of likely N-dealkylation sites (tertiary alicyclic amines) is 1. The molecule has 3 aromatic carbocycles. The van der Waals surface area contributed by atoms with Gasteiger partial charge in [-0.05, 0) is 66.4 Å². The average molecular weight is 723 g/mol. The Morgan fingerprint density at radius 3 is 2.53 bits per heavy atom. The number of aromatic nitrogens is 4. The summed E-state index contributed by atoms with van der Waals surface area (Å²) < 4.78 is 46.0. The Morgan fingerprint density at radius 1 is 0.943 bits per heavy atom. The van der Waals surface area contributed by atoms with Crippen LogP contribution in [-0.2, 0) is 25.5 Å². The summed E-state index contributed by atoms with van der Waals surface area (Å²) in [7, 11) is 3.09. The Bertz CT molecular complexity index is 2160. The van der Waals surface area contributed by atoms with Crippen molar-refractivity contribution < 1.29 is 32.6 Å². The zero-order chi connectivity index (χ0) is 37.0. The van der Waals surface area contributed by atoms with Crippen molar-refractivity contribution in [3.05, 3.63) is 102 Å². The van der Waals surface area contributed by atoms with Crippen molar-refractivity contribution in [2.45, 2.75) is 24.9 Å². The largest absolute Gasteiger partial charge is 0.488 e. The number of ketones is 1. The maximum Gasteiger partial charge on any atom is 0.237 e. The number of amides is 1. The van der Waals surface area contributed by atoms with Crippen molar-refractivity contribution >= 4 is 28.2 Å². The Hall–Kier alpha value is -5.37. The normalized spacial score (nSPS) is 17.7. The Balaban J connectivity index is 0.972. The number of carbonyl (C=O) groups excluding carboxylic acids is 2. The number of H-pyrrole nitrogens is 1. The van der Waals surface area contributed by atoms with Crippen molar-refractivity contribution in [2.24, 2.45) is 0 Å². The molecule has 1 fully saturated rings. The van der Waals surface area contributed by atoms with E-state index in [1.54, 1.807) is 54.7 Å². The van der Waals surface area contributed by atoms with E-state index in [2.05, 4.69) is 20.2 Å². The molecule has 0 bridgehead atoms. The van der Waals surface area contributed by atoms with Crippen LogP contribution in [0.1, 0.15) is 24.0 Å². The molecule has 13 heteroatoms. The number of hydrogen-bond donors (Lipinski definition) is 1. The summed E-state index contributed by atoms with van der Waals surface area (Å²) in [5, 5.41) is 8.27. The van der Waals surface area contributed by atoms with Crippen molar-refractivity contribution in [1.82, 2.24) is 30.0 Å². The van der Waals surface area contributed by atoms with Crippen LogP contribution in [0.4, 0.5) is 8.78 Å². The molecule has 2 aliphatic heterocycles. The monoisotopic (exact) mass is 722 g/mol. The van der Waals surface area contributed by atoms with Gasteiger partial charge in [0.2, 0.25) is 5.91 Å². The summed E-state index contributed by atoms with van der Waals surface area (Å²) in [6.07, 6.45) is 6.25.